The first kappa shape index (κ1) is 15.3. The molecule has 0 unspecified atom stereocenters. The molecule has 0 saturated heterocycles. The third-order valence-corrected chi connectivity index (χ3v) is 3.49. The zero-order chi connectivity index (χ0) is 15.2. The van der Waals surface area contributed by atoms with E-state index in [-0.39, 0.29) is 5.78 Å². The monoisotopic (exact) mass is 287 g/mol. The van der Waals surface area contributed by atoms with Crippen molar-refractivity contribution in [1.82, 2.24) is 9.88 Å². The van der Waals surface area contributed by atoms with Crippen molar-refractivity contribution < 1.29 is 9.36 Å². The fraction of sp³-hybridized carbons (Fsp3) is 0.375. The number of nitrogen functional groups attached to an aromatic ring is 1. The van der Waals surface area contributed by atoms with Gasteiger partial charge in [0.1, 0.15) is 18.9 Å². The Morgan fingerprint density at radius 1 is 1.38 bits per heavy atom. The van der Waals surface area contributed by atoms with Crippen LogP contribution in [-0.2, 0) is 20.0 Å². The Morgan fingerprint density at radius 3 is 2.81 bits per heavy atom. The number of nitrogens with one attached hydrogen (secondary N) is 1. The van der Waals surface area contributed by atoms with Crippen LogP contribution in [0, 0.1) is 0 Å². The van der Waals surface area contributed by atoms with Crippen LogP contribution in [0.2, 0.25) is 0 Å². The standard InChI is InChI=1S/C16H23N4O/c1-13(21)15-4-3-14(16(17)11-15)5-6-18-7-8-20-10-9-19(2)12-20/h3-4,9-12,18H,5-8,17H2,1-2H3/q+1. The Bertz CT molecular complexity index is 618. The van der Waals surface area contributed by atoms with Crippen LogP contribution in [0.25, 0.3) is 0 Å². The predicted octanol–water partition coefficient (Wildman–Crippen LogP) is 0.930. The number of hydrogen-bond acceptors (Lipinski definition) is 3. The summed E-state index contributed by atoms with van der Waals surface area (Å²) in [5.41, 5.74) is 8.43. The zero-order valence-electron chi connectivity index (χ0n) is 12.7. The van der Waals surface area contributed by atoms with E-state index in [1.807, 2.05) is 29.9 Å². The van der Waals surface area contributed by atoms with Gasteiger partial charge in [0.25, 0.3) is 0 Å². The number of Topliss-reactive ketones (excluding diaryl/α,β-unsaturated/α-hetero) is 1. The van der Waals surface area contributed by atoms with Crippen molar-refractivity contribution in [2.45, 2.75) is 19.9 Å². The number of aryl methyl sites for hydroxylation is 1. The van der Waals surface area contributed by atoms with Crippen LogP contribution < -0.4 is 15.6 Å². The molecule has 0 atom stereocenters. The fourth-order valence-electron chi connectivity index (χ4n) is 2.23. The van der Waals surface area contributed by atoms with Crippen molar-refractivity contribution in [1.29, 1.82) is 0 Å². The van der Waals surface area contributed by atoms with Gasteiger partial charge in [-0.1, -0.05) is 12.1 Å². The van der Waals surface area contributed by atoms with Crippen LogP contribution in [-0.4, -0.2) is 23.4 Å². The van der Waals surface area contributed by atoms with Crippen molar-refractivity contribution in [2.24, 2.45) is 7.05 Å². The van der Waals surface area contributed by atoms with Crippen LogP contribution in [0.1, 0.15) is 22.8 Å². The molecule has 1 heterocycles. The first-order chi connectivity index (χ1) is 10.1. The molecule has 0 aliphatic carbocycles. The zero-order valence-corrected chi connectivity index (χ0v) is 12.7. The van der Waals surface area contributed by atoms with Gasteiger partial charge in [0, 0.05) is 17.8 Å². The Balaban J connectivity index is 1.74. The van der Waals surface area contributed by atoms with Gasteiger partial charge in [-0.05, 0) is 31.5 Å². The molecule has 0 aliphatic heterocycles. The number of aromatic nitrogens is 2. The van der Waals surface area contributed by atoms with E-state index in [1.165, 1.54) is 0 Å². The second-order valence-corrected chi connectivity index (χ2v) is 5.29. The summed E-state index contributed by atoms with van der Waals surface area (Å²) >= 11 is 0. The summed E-state index contributed by atoms with van der Waals surface area (Å²) in [6, 6.07) is 5.55. The molecule has 0 spiro atoms. The maximum atomic E-state index is 11.3. The molecule has 1 aromatic heterocycles. The number of carbonyl (C=O) groups excluding carboxylic acids is 1. The van der Waals surface area contributed by atoms with Crippen LogP contribution in [0.4, 0.5) is 5.69 Å². The van der Waals surface area contributed by atoms with Gasteiger partial charge in [0.15, 0.2) is 5.78 Å². The summed E-state index contributed by atoms with van der Waals surface area (Å²) in [6.45, 7) is 4.29. The Hall–Kier alpha value is -2.14. The number of rotatable bonds is 7. The van der Waals surface area contributed by atoms with E-state index < -0.39 is 0 Å². The molecule has 5 nitrogen and oxygen atoms in total. The highest BCUT2D eigenvalue weighted by Crippen LogP contribution is 2.15. The lowest BCUT2D eigenvalue weighted by atomic mass is 10.0. The molecule has 112 valence electrons. The molecular formula is C16H23N4O+. The number of nitrogens with two attached hydrogens (primary N) is 1. The highest BCUT2D eigenvalue weighted by molar-refractivity contribution is 5.95. The molecule has 5 heteroatoms. The van der Waals surface area contributed by atoms with Gasteiger partial charge in [-0.25, -0.2) is 9.13 Å². The topological polar surface area (TPSA) is 63.9 Å². The number of imidazole rings is 1. The second-order valence-electron chi connectivity index (χ2n) is 5.29. The average Bonchev–Trinajstić information content (AvgIpc) is 2.85. The molecule has 0 amide bonds. The highest BCUT2D eigenvalue weighted by Gasteiger charge is 2.04. The van der Waals surface area contributed by atoms with Gasteiger partial charge in [0.2, 0.25) is 6.33 Å². The lowest BCUT2D eigenvalue weighted by Crippen LogP contribution is -2.25. The minimum atomic E-state index is 0.0475. The molecule has 2 aromatic rings. The third kappa shape index (κ3) is 4.43. The van der Waals surface area contributed by atoms with E-state index in [0.29, 0.717) is 11.3 Å². The lowest BCUT2D eigenvalue weighted by Gasteiger charge is -2.08. The van der Waals surface area contributed by atoms with E-state index in [1.54, 1.807) is 13.0 Å². The summed E-state index contributed by atoms with van der Waals surface area (Å²) in [5.74, 6) is 0.0475. The van der Waals surface area contributed by atoms with Crippen LogP contribution >= 0.6 is 0 Å². The SMILES string of the molecule is CC(=O)c1ccc(CCNCCn2cc[n+](C)c2)c(N)c1. The number of nitrogens with zero attached hydrogens (tertiary/aromatic N) is 2. The van der Waals surface area contributed by atoms with Crippen molar-refractivity contribution >= 4 is 11.5 Å². The highest BCUT2D eigenvalue weighted by atomic mass is 16.1. The number of ketones is 1. The number of hydrogen-bond donors (Lipinski definition) is 2. The van der Waals surface area contributed by atoms with Crippen LogP contribution in [0.3, 0.4) is 0 Å². The molecular weight excluding hydrogens is 264 g/mol. The van der Waals surface area contributed by atoms with E-state index >= 15 is 0 Å². The smallest absolute Gasteiger partial charge is 0.243 e. The van der Waals surface area contributed by atoms with Crippen LogP contribution in [0.15, 0.2) is 36.9 Å². The van der Waals surface area contributed by atoms with Crippen molar-refractivity contribution in [3.63, 3.8) is 0 Å². The van der Waals surface area contributed by atoms with E-state index in [2.05, 4.69) is 22.4 Å². The molecule has 0 saturated carbocycles. The van der Waals surface area contributed by atoms with E-state index in [4.69, 9.17) is 5.73 Å². The van der Waals surface area contributed by atoms with Crippen molar-refractivity contribution in [3.05, 3.63) is 48.0 Å². The molecule has 0 fully saturated rings. The summed E-state index contributed by atoms with van der Waals surface area (Å²) in [6.07, 6.45) is 7.00. The summed E-state index contributed by atoms with van der Waals surface area (Å²) in [4.78, 5) is 11.3. The minimum Gasteiger partial charge on any atom is -0.398 e. The largest absolute Gasteiger partial charge is 0.398 e. The first-order valence-electron chi connectivity index (χ1n) is 7.17. The van der Waals surface area contributed by atoms with Gasteiger partial charge in [-0.3, -0.25) is 4.79 Å². The molecule has 2 rings (SSSR count). The van der Waals surface area contributed by atoms with Gasteiger partial charge >= 0.3 is 0 Å². The molecule has 0 aliphatic rings. The second kappa shape index (κ2) is 7.04. The molecule has 3 N–H and O–H groups in total. The van der Waals surface area contributed by atoms with E-state index in [9.17, 15) is 4.79 Å². The maximum absolute atomic E-state index is 11.3. The van der Waals surface area contributed by atoms with Gasteiger partial charge < -0.3 is 11.1 Å². The minimum absolute atomic E-state index is 0.0475. The number of anilines is 1. The van der Waals surface area contributed by atoms with Crippen molar-refractivity contribution in [3.8, 4) is 0 Å². The molecule has 21 heavy (non-hydrogen) atoms. The quantitative estimate of drug-likeness (QED) is 0.345. The number of carbonyl (C=O) groups is 1. The van der Waals surface area contributed by atoms with Gasteiger partial charge in [-0.15, -0.1) is 0 Å². The molecule has 1 aromatic carbocycles. The summed E-state index contributed by atoms with van der Waals surface area (Å²) in [7, 11) is 2.01. The Labute approximate surface area is 125 Å². The first-order valence-corrected chi connectivity index (χ1v) is 7.17. The fourth-order valence-corrected chi connectivity index (χ4v) is 2.23. The predicted molar refractivity (Wildman–Crippen MR) is 83.0 cm³/mol. The number of benzene rings is 1. The third-order valence-electron chi connectivity index (χ3n) is 3.49. The maximum Gasteiger partial charge on any atom is 0.243 e. The van der Waals surface area contributed by atoms with Crippen molar-refractivity contribution in [2.75, 3.05) is 18.8 Å². The normalized spacial score (nSPS) is 10.8. The molecule has 0 bridgehead atoms. The molecule has 0 radical (unpaired) electrons. The Morgan fingerprint density at radius 2 is 2.19 bits per heavy atom. The van der Waals surface area contributed by atoms with Gasteiger partial charge in [0.05, 0.1) is 7.05 Å². The lowest BCUT2D eigenvalue weighted by molar-refractivity contribution is -0.671. The summed E-state index contributed by atoms with van der Waals surface area (Å²) in [5, 5.41) is 3.40. The van der Waals surface area contributed by atoms with Crippen LogP contribution in [0.5, 0.6) is 0 Å². The summed E-state index contributed by atoms with van der Waals surface area (Å²) < 4.78 is 4.17. The average molecular weight is 287 g/mol. The van der Waals surface area contributed by atoms with E-state index in [0.717, 1.165) is 31.6 Å². The Kier molecular flexibility index (Phi) is 5.11. The van der Waals surface area contributed by atoms with Gasteiger partial charge in [-0.2, -0.15) is 0 Å².